The molecule has 0 spiro atoms. The molecule has 142 valence electrons. The molecule has 1 saturated heterocycles. The molecular weight excluding hydrogens is 404 g/mol. The monoisotopic (exact) mass is 416 g/mol. The van der Waals surface area contributed by atoms with E-state index in [-0.39, 0.29) is 28.7 Å². The fourth-order valence-electron chi connectivity index (χ4n) is 2.31. The van der Waals surface area contributed by atoms with Crippen molar-refractivity contribution >= 4 is 51.9 Å². The number of thiocarbonyl (C=S) groups is 1. The van der Waals surface area contributed by atoms with Crippen LogP contribution >= 0.6 is 24.0 Å². The van der Waals surface area contributed by atoms with E-state index in [1.165, 1.54) is 37.4 Å². The molecule has 0 aromatic heterocycles. The highest BCUT2D eigenvalue weighted by molar-refractivity contribution is 8.26. The van der Waals surface area contributed by atoms with Gasteiger partial charge in [-0.3, -0.25) is 14.9 Å². The van der Waals surface area contributed by atoms with Crippen LogP contribution in [0.3, 0.4) is 0 Å². The summed E-state index contributed by atoms with van der Waals surface area (Å²) in [7, 11) is 1.42. The van der Waals surface area contributed by atoms with Crippen LogP contribution in [0.4, 0.5) is 5.69 Å². The minimum absolute atomic E-state index is 0.125. The molecule has 0 unspecified atom stereocenters. The van der Waals surface area contributed by atoms with E-state index in [1.54, 1.807) is 18.2 Å². The van der Waals surface area contributed by atoms with E-state index in [4.69, 9.17) is 21.7 Å². The van der Waals surface area contributed by atoms with Crippen LogP contribution in [-0.2, 0) is 4.79 Å². The average molecular weight is 416 g/mol. The predicted octanol–water partition coefficient (Wildman–Crippen LogP) is 3.31. The van der Waals surface area contributed by atoms with Gasteiger partial charge in [0.05, 0.1) is 22.5 Å². The van der Waals surface area contributed by atoms with E-state index in [0.717, 1.165) is 11.8 Å². The zero-order valence-corrected chi connectivity index (χ0v) is 16.0. The molecule has 1 amide bonds. The number of nitrogens with one attached hydrogen (secondary N) is 1. The number of nitro benzene ring substituents is 1. The lowest BCUT2D eigenvalue weighted by Gasteiger charge is -2.10. The molecule has 1 fully saturated rings. The standard InChI is InChI=1S/C18H12N2O6S2/c1-25-14-8-10(9-15-16(21)19-18(27)28-15)2-7-13(14)26-17(22)11-3-5-12(6-4-11)20(23)24/h2-9H,1H3,(H,19,21,27)/b15-9+. The van der Waals surface area contributed by atoms with Crippen molar-refractivity contribution in [2.45, 2.75) is 0 Å². The molecule has 0 atom stereocenters. The molecule has 28 heavy (non-hydrogen) atoms. The summed E-state index contributed by atoms with van der Waals surface area (Å²) in [6.07, 6.45) is 1.64. The molecule has 8 nitrogen and oxygen atoms in total. The number of carbonyl (C=O) groups excluding carboxylic acids is 2. The lowest BCUT2D eigenvalue weighted by atomic mass is 10.1. The van der Waals surface area contributed by atoms with Gasteiger partial charge in [0.1, 0.15) is 4.32 Å². The van der Waals surface area contributed by atoms with Crippen LogP contribution in [0.25, 0.3) is 6.08 Å². The van der Waals surface area contributed by atoms with E-state index in [1.807, 2.05) is 0 Å². The number of methoxy groups -OCH3 is 1. The topological polar surface area (TPSA) is 108 Å². The zero-order chi connectivity index (χ0) is 20.3. The molecule has 0 bridgehead atoms. The number of hydrogen-bond acceptors (Lipinski definition) is 8. The van der Waals surface area contributed by atoms with Crippen molar-refractivity contribution < 1.29 is 24.0 Å². The normalized spacial score (nSPS) is 14.7. The molecule has 10 heteroatoms. The number of thioether (sulfide) groups is 1. The summed E-state index contributed by atoms with van der Waals surface area (Å²) >= 11 is 6.10. The first-order chi connectivity index (χ1) is 13.4. The number of benzene rings is 2. The van der Waals surface area contributed by atoms with Gasteiger partial charge in [-0.25, -0.2) is 4.79 Å². The Bertz CT molecular complexity index is 1020. The van der Waals surface area contributed by atoms with Gasteiger partial charge in [0.15, 0.2) is 11.5 Å². The molecule has 0 radical (unpaired) electrons. The number of carbonyl (C=O) groups is 2. The third-order valence-electron chi connectivity index (χ3n) is 3.64. The van der Waals surface area contributed by atoms with Crippen molar-refractivity contribution in [2.24, 2.45) is 0 Å². The molecule has 0 saturated carbocycles. The number of non-ortho nitro benzene ring substituents is 1. The summed E-state index contributed by atoms with van der Waals surface area (Å²) < 4.78 is 11.0. The van der Waals surface area contributed by atoms with Crippen LogP contribution in [0.15, 0.2) is 47.4 Å². The number of esters is 1. The van der Waals surface area contributed by atoms with E-state index in [0.29, 0.717) is 14.8 Å². The largest absolute Gasteiger partial charge is 0.493 e. The highest BCUT2D eigenvalue weighted by Gasteiger charge is 2.22. The van der Waals surface area contributed by atoms with E-state index in [2.05, 4.69) is 5.32 Å². The minimum Gasteiger partial charge on any atom is -0.493 e. The van der Waals surface area contributed by atoms with Crippen molar-refractivity contribution in [3.8, 4) is 11.5 Å². The Morgan fingerprint density at radius 2 is 1.93 bits per heavy atom. The van der Waals surface area contributed by atoms with Crippen molar-refractivity contribution in [1.29, 1.82) is 0 Å². The molecule has 1 N–H and O–H groups in total. The van der Waals surface area contributed by atoms with Crippen LogP contribution in [0.5, 0.6) is 11.5 Å². The Kier molecular flexibility index (Phi) is 5.71. The molecule has 0 aliphatic carbocycles. The molecule has 2 aromatic rings. The second-order valence-corrected chi connectivity index (χ2v) is 7.17. The first kappa shape index (κ1) is 19.5. The maximum absolute atomic E-state index is 12.3. The Labute approximate surface area is 168 Å². The number of nitrogens with zero attached hydrogens (tertiary/aromatic N) is 1. The number of nitro groups is 1. The molecule has 2 aromatic carbocycles. The zero-order valence-electron chi connectivity index (χ0n) is 14.3. The molecule has 1 aliphatic rings. The predicted molar refractivity (Wildman–Crippen MR) is 107 cm³/mol. The first-order valence-electron chi connectivity index (χ1n) is 7.77. The van der Waals surface area contributed by atoms with Crippen LogP contribution in [0.2, 0.25) is 0 Å². The fraction of sp³-hybridized carbons (Fsp3) is 0.0556. The first-order valence-corrected chi connectivity index (χ1v) is 8.99. The lowest BCUT2D eigenvalue weighted by Crippen LogP contribution is -2.17. The number of ether oxygens (including phenoxy) is 2. The summed E-state index contributed by atoms with van der Waals surface area (Å²) in [6, 6.07) is 9.86. The van der Waals surface area contributed by atoms with Gasteiger partial charge in [-0.2, -0.15) is 0 Å². The minimum atomic E-state index is -0.685. The molecule has 3 rings (SSSR count). The van der Waals surface area contributed by atoms with Gasteiger partial charge in [-0.1, -0.05) is 30.0 Å². The molecule has 1 heterocycles. The number of amides is 1. The van der Waals surface area contributed by atoms with Gasteiger partial charge in [0.25, 0.3) is 11.6 Å². The van der Waals surface area contributed by atoms with Crippen molar-refractivity contribution in [3.05, 3.63) is 68.6 Å². The molecule has 1 aliphatic heterocycles. The SMILES string of the molecule is COc1cc(/C=C2/SC(=S)NC2=O)ccc1OC(=O)c1ccc([N+](=O)[O-])cc1. The highest BCUT2D eigenvalue weighted by Crippen LogP contribution is 2.32. The summed E-state index contributed by atoms with van der Waals surface area (Å²) in [5, 5.41) is 13.2. The lowest BCUT2D eigenvalue weighted by molar-refractivity contribution is -0.384. The van der Waals surface area contributed by atoms with Crippen LogP contribution in [0.1, 0.15) is 15.9 Å². The van der Waals surface area contributed by atoms with Crippen molar-refractivity contribution in [1.82, 2.24) is 5.32 Å². The van der Waals surface area contributed by atoms with Gasteiger partial charge in [-0.05, 0) is 35.9 Å². The Balaban J connectivity index is 1.79. The molecular formula is C18H12N2O6S2. The van der Waals surface area contributed by atoms with Gasteiger partial charge in [-0.15, -0.1) is 0 Å². The van der Waals surface area contributed by atoms with Crippen LogP contribution in [-0.4, -0.2) is 28.2 Å². The Morgan fingerprint density at radius 3 is 2.50 bits per heavy atom. The van der Waals surface area contributed by atoms with Gasteiger partial charge < -0.3 is 14.8 Å². The summed E-state index contributed by atoms with van der Waals surface area (Å²) in [5.41, 5.74) is 0.695. The van der Waals surface area contributed by atoms with E-state index >= 15 is 0 Å². The Hall–Kier alpha value is -3.24. The van der Waals surface area contributed by atoms with Gasteiger partial charge >= 0.3 is 5.97 Å². The third kappa shape index (κ3) is 4.35. The van der Waals surface area contributed by atoms with Gasteiger partial charge in [0, 0.05) is 12.1 Å². The highest BCUT2D eigenvalue weighted by atomic mass is 32.2. The van der Waals surface area contributed by atoms with Crippen molar-refractivity contribution in [3.63, 3.8) is 0 Å². The smallest absolute Gasteiger partial charge is 0.343 e. The van der Waals surface area contributed by atoms with Crippen LogP contribution < -0.4 is 14.8 Å². The maximum atomic E-state index is 12.3. The van der Waals surface area contributed by atoms with Crippen molar-refractivity contribution in [2.75, 3.05) is 7.11 Å². The quantitative estimate of drug-likeness (QED) is 0.198. The second kappa shape index (κ2) is 8.19. The second-order valence-electron chi connectivity index (χ2n) is 5.46. The van der Waals surface area contributed by atoms with E-state index < -0.39 is 10.9 Å². The maximum Gasteiger partial charge on any atom is 0.343 e. The average Bonchev–Trinajstić information content (AvgIpc) is 2.99. The fourth-order valence-corrected chi connectivity index (χ4v) is 3.35. The summed E-state index contributed by atoms with van der Waals surface area (Å²) in [4.78, 5) is 34.6. The van der Waals surface area contributed by atoms with Crippen LogP contribution in [0, 0.1) is 10.1 Å². The Morgan fingerprint density at radius 1 is 1.21 bits per heavy atom. The summed E-state index contributed by atoms with van der Waals surface area (Å²) in [6.45, 7) is 0. The number of hydrogen-bond donors (Lipinski definition) is 1. The third-order valence-corrected chi connectivity index (χ3v) is 4.81. The van der Waals surface area contributed by atoms with Gasteiger partial charge in [0.2, 0.25) is 0 Å². The van der Waals surface area contributed by atoms with E-state index in [9.17, 15) is 19.7 Å². The number of rotatable bonds is 5. The summed E-state index contributed by atoms with van der Waals surface area (Å²) in [5.74, 6) is -0.499.